The van der Waals surface area contributed by atoms with Crippen molar-refractivity contribution in [2.24, 2.45) is 0 Å². The molecular formula is C14H12N. The summed E-state index contributed by atoms with van der Waals surface area (Å²) in [7, 11) is 0. The van der Waals surface area contributed by atoms with E-state index >= 15 is 0 Å². The van der Waals surface area contributed by atoms with Crippen molar-refractivity contribution in [2.75, 3.05) is 5.32 Å². The van der Waals surface area contributed by atoms with E-state index < -0.39 is 0 Å². The first kappa shape index (κ1) is 8.54. The smallest absolute Gasteiger partial charge is 0.0403 e. The molecule has 1 radical (unpaired) electrons. The van der Waals surface area contributed by atoms with E-state index in [0.29, 0.717) is 0 Å². The number of hydrogen-bond donors (Lipinski definition) is 1. The van der Waals surface area contributed by atoms with Crippen LogP contribution in [-0.2, 0) is 13.0 Å². The van der Waals surface area contributed by atoms with Gasteiger partial charge in [0.15, 0.2) is 0 Å². The summed E-state index contributed by atoms with van der Waals surface area (Å²) in [6.07, 6.45) is 0.985. The zero-order valence-electron chi connectivity index (χ0n) is 8.46. The fourth-order valence-corrected chi connectivity index (χ4v) is 2.07. The molecule has 0 aromatic heterocycles. The van der Waals surface area contributed by atoms with Crippen LogP contribution in [0.1, 0.15) is 16.7 Å². The summed E-state index contributed by atoms with van der Waals surface area (Å²) in [5.41, 5.74) is 5.28. The molecule has 2 aromatic carbocycles. The molecular weight excluding hydrogens is 182 g/mol. The van der Waals surface area contributed by atoms with Crippen molar-refractivity contribution in [3.63, 3.8) is 0 Å². The molecule has 0 atom stereocenters. The highest BCUT2D eigenvalue weighted by Crippen LogP contribution is 2.25. The first-order valence-electron chi connectivity index (χ1n) is 5.24. The summed E-state index contributed by atoms with van der Waals surface area (Å²) in [5.74, 6) is 0. The van der Waals surface area contributed by atoms with Gasteiger partial charge in [0, 0.05) is 18.7 Å². The first-order valence-corrected chi connectivity index (χ1v) is 5.24. The molecule has 1 heterocycles. The van der Waals surface area contributed by atoms with E-state index in [1.54, 1.807) is 0 Å². The van der Waals surface area contributed by atoms with Crippen molar-refractivity contribution < 1.29 is 0 Å². The van der Waals surface area contributed by atoms with Gasteiger partial charge in [0.1, 0.15) is 0 Å². The molecule has 1 aliphatic heterocycles. The Balaban J connectivity index is 2.10. The van der Waals surface area contributed by atoms with Crippen LogP contribution in [0.4, 0.5) is 5.69 Å². The van der Waals surface area contributed by atoms with Gasteiger partial charge in [-0.15, -0.1) is 0 Å². The summed E-state index contributed by atoms with van der Waals surface area (Å²) in [5, 5.41) is 3.45. The highest BCUT2D eigenvalue weighted by atomic mass is 14.9. The summed E-state index contributed by atoms with van der Waals surface area (Å²) in [4.78, 5) is 0. The van der Waals surface area contributed by atoms with Crippen molar-refractivity contribution in [3.8, 4) is 0 Å². The van der Waals surface area contributed by atoms with Crippen LogP contribution in [0.5, 0.6) is 0 Å². The average molecular weight is 194 g/mol. The standard InChI is InChI=1S/C14H12N/c1-2-7-13-10-15-14-8-4-3-6-12(14)9-11(13)5-1/h1-5,7-8,15H,9-10H2. The Morgan fingerprint density at radius 3 is 2.80 bits per heavy atom. The lowest BCUT2D eigenvalue weighted by atomic mass is 10.0. The fourth-order valence-electron chi connectivity index (χ4n) is 2.07. The van der Waals surface area contributed by atoms with Crippen LogP contribution in [0, 0.1) is 6.07 Å². The lowest BCUT2D eigenvalue weighted by Gasteiger charge is -2.05. The van der Waals surface area contributed by atoms with E-state index in [1.165, 1.54) is 22.4 Å². The Morgan fingerprint density at radius 1 is 1.00 bits per heavy atom. The third-order valence-corrected chi connectivity index (χ3v) is 2.90. The van der Waals surface area contributed by atoms with E-state index in [9.17, 15) is 0 Å². The maximum absolute atomic E-state index is 3.45. The number of hydrogen-bond acceptors (Lipinski definition) is 1. The topological polar surface area (TPSA) is 12.0 Å². The summed E-state index contributed by atoms with van der Waals surface area (Å²) >= 11 is 0. The minimum Gasteiger partial charge on any atom is -0.381 e. The van der Waals surface area contributed by atoms with Gasteiger partial charge in [-0.1, -0.05) is 36.4 Å². The van der Waals surface area contributed by atoms with Crippen molar-refractivity contribution >= 4 is 5.69 Å². The Labute approximate surface area is 89.8 Å². The molecule has 3 rings (SSSR count). The molecule has 15 heavy (non-hydrogen) atoms. The second kappa shape index (κ2) is 3.43. The van der Waals surface area contributed by atoms with Crippen LogP contribution < -0.4 is 5.32 Å². The zero-order valence-corrected chi connectivity index (χ0v) is 8.46. The van der Waals surface area contributed by atoms with Crippen LogP contribution in [0.2, 0.25) is 0 Å². The summed E-state index contributed by atoms with van der Waals surface area (Å²) < 4.78 is 0. The number of anilines is 1. The normalized spacial score (nSPS) is 13.3. The van der Waals surface area contributed by atoms with Gasteiger partial charge >= 0.3 is 0 Å². The van der Waals surface area contributed by atoms with Crippen molar-refractivity contribution in [2.45, 2.75) is 13.0 Å². The van der Waals surface area contributed by atoms with Gasteiger partial charge in [-0.25, -0.2) is 0 Å². The highest BCUT2D eigenvalue weighted by molar-refractivity contribution is 5.55. The van der Waals surface area contributed by atoms with E-state index in [4.69, 9.17) is 0 Å². The van der Waals surface area contributed by atoms with Gasteiger partial charge in [-0.3, -0.25) is 0 Å². The molecule has 0 saturated heterocycles. The van der Waals surface area contributed by atoms with E-state index in [0.717, 1.165) is 13.0 Å². The molecule has 1 N–H and O–H groups in total. The largest absolute Gasteiger partial charge is 0.381 e. The first-order chi connectivity index (χ1) is 7.43. The summed E-state index contributed by atoms with van der Waals surface area (Å²) in [6, 6.07) is 18.0. The second-order valence-corrected chi connectivity index (χ2v) is 3.86. The third kappa shape index (κ3) is 1.50. The molecule has 1 heteroatoms. The lowest BCUT2D eigenvalue weighted by Crippen LogP contribution is -1.98. The van der Waals surface area contributed by atoms with Crippen LogP contribution in [0.15, 0.2) is 42.5 Å². The Hall–Kier alpha value is -1.76. The van der Waals surface area contributed by atoms with Gasteiger partial charge in [0.25, 0.3) is 0 Å². The number of nitrogens with one attached hydrogen (secondary N) is 1. The van der Waals surface area contributed by atoms with Gasteiger partial charge in [-0.2, -0.15) is 0 Å². The quantitative estimate of drug-likeness (QED) is 0.679. The molecule has 0 saturated carbocycles. The van der Waals surface area contributed by atoms with E-state index in [1.807, 2.05) is 12.1 Å². The molecule has 0 fully saturated rings. The van der Waals surface area contributed by atoms with Crippen molar-refractivity contribution in [1.82, 2.24) is 0 Å². The SMILES string of the molecule is [c]1cccc2c1Cc1ccccc1CN2. The minimum atomic E-state index is 0.918. The predicted molar refractivity (Wildman–Crippen MR) is 61.9 cm³/mol. The predicted octanol–water partition coefficient (Wildman–Crippen LogP) is 3.00. The van der Waals surface area contributed by atoms with Gasteiger partial charge in [0.05, 0.1) is 0 Å². The number of benzene rings is 2. The number of fused-ring (bicyclic) bond motifs is 2. The van der Waals surface area contributed by atoms with Crippen LogP contribution >= 0.6 is 0 Å². The molecule has 0 unspecified atom stereocenters. The fraction of sp³-hybridized carbons (Fsp3) is 0.143. The third-order valence-electron chi connectivity index (χ3n) is 2.90. The number of rotatable bonds is 0. The highest BCUT2D eigenvalue weighted by Gasteiger charge is 2.10. The van der Waals surface area contributed by atoms with Crippen LogP contribution in [-0.4, -0.2) is 0 Å². The van der Waals surface area contributed by atoms with Crippen molar-refractivity contribution in [3.05, 3.63) is 65.2 Å². The molecule has 1 aliphatic rings. The van der Waals surface area contributed by atoms with Gasteiger partial charge in [0.2, 0.25) is 0 Å². The molecule has 0 amide bonds. The summed E-state index contributed by atoms with van der Waals surface area (Å²) in [6.45, 7) is 0.918. The zero-order chi connectivity index (χ0) is 10.1. The Morgan fingerprint density at radius 2 is 1.87 bits per heavy atom. The minimum absolute atomic E-state index is 0.918. The van der Waals surface area contributed by atoms with Crippen molar-refractivity contribution in [1.29, 1.82) is 0 Å². The van der Waals surface area contributed by atoms with Crippen LogP contribution in [0.25, 0.3) is 0 Å². The maximum Gasteiger partial charge on any atom is 0.0403 e. The molecule has 2 aromatic rings. The molecule has 0 bridgehead atoms. The molecule has 73 valence electrons. The van der Waals surface area contributed by atoms with Crippen LogP contribution in [0.3, 0.4) is 0 Å². The van der Waals surface area contributed by atoms with E-state index in [2.05, 4.69) is 41.7 Å². The van der Waals surface area contributed by atoms with Gasteiger partial charge < -0.3 is 5.32 Å². The lowest BCUT2D eigenvalue weighted by molar-refractivity contribution is 1.12. The molecule has 0 aliphatic carbocycles. The second-order valence-electron chi connectivity index (χ2n) is 3.86. The van der Waals surface area contributed by atoms with E-state index in [-0.39, 0.29) is 0 Å². The Kier molecular flexibility index (Phi) is 1.95. The molecule has 1 nitrogen and oxygen atoms in total. The van der Waals surface area contributed by atoms with Gasteiger partial charge in [-0.05, 0) is 28.8 Å². The average Bonchev–Trinajstić information content (AvgIpc) is 2.48. The monoisotopic (exact) mass is 194 g/mol. The molecule has 0 spiro atoms. The maximum atomic E-state index is 3.45. The Bertz CT molecular complexity index is 443.